The monoisotopic (exact) mass is 402 g/mol. The highest BCUT2D eigenvalue weighted by molar-refractivity contribution is 7.16. The number of carbonyl (C=O) groups excluding carboxylic acids is 2. The second-order valence-corrected chi connectivity index (χ2v) is 6.94. The van der Waals surface area contributed by atoms with Crippen LogP contribution in [-0.4, -0.2) is 30.3 Å². The number of amides is 1. The minimum Gasteiger partial charge on any atom is -0.469 e. The van der Waals surface area contributed by atoms with Gasteiger partial charge in [0.15, 0.2) is 16.3 Å². The lowest BCUT2D eigenvalue weighted by atomic mass is 10.2. The molecule has 1 aliphatic heterocycles. The molecule has 3 aromatic rings. The number of nitrogens with zero attached hydrogens (tertiary/aromatic N) is 2. The van der Waals surface area contributed by atoms with Gasteiger partial charge in [-0.25, -0.2) is 4.39 Å². The Labute approximate surface area is 162 Å². The molecule has 28 heavy (non-hydrogen) atoms. The van der Waals surface area contributed by atoms with Gasteiger partial charge in [-0.15, -0.1) is 0 Å². The van der Waals surface area contributed by atoms with Gasteiger partial charge in [0.1, 0.15) is 5.82 Å². The van der Waals surface area contributed by atoms with Crippen LogP contribution in [0.3, 0.4) is 0 Å². The van der Waals surface area contributed by atoms with Gasteiger partial charge in [0.05, 0.1) is 29.3 Å². The normalized spacial score (nSPS) is 13.1. The number of hydrogen-bond donors (Lipinski definition) is 0. The minimum absolute atomic E-state index is 0.0951. The number of aryl methyl sites for hydroxylation is 1. The molecule has 2 aromatic carbocycles. The highest BCUT2D eigenvalue weighted by atomic mass is 32.1. The van der Waals surface area contributed by atoms with Crippen molar-refractivity contribution in [3.05, 3.63) is 52.6 Å². The summed E-state index contributed by atoms with van der Waals surface area (Å²) in [5, 5.41) is 0. The van der Waals surface area contributed by atoms with Crippen LogP contribution in [0.15, 0.2) is 41.4 Å². The van der Waals surface area contributed by atoms with E-state index in [2.05, 4.69) is 4.99 Å². The number of aromatic nitrogens is 1. The Kier molecular flexibility index (Phi) is 4.82. The molecule has 1 amide bonds. The Morgan fingerprint density at radius 3 is 2.75 bits per heavy atom. The van der Waals surface area contributed by atoms with Crippen molar-refractivity contribution in [3.63, 3.8) is 0 Å². The molecule has 1 aliphatic rings. The number of fused-ring (bicyclic) bond motifs is 2. The fourth-order valence-corrected chi connectivity index (χ4v) is 3.91. The maximum atomic E-state index is 13.9. The number of halogens is 1. The topological polar surface area (TPSA) is 79.1 Å². The Bertz CT molecular complexity index is 1150. The zero-order chi connectivity index (χ0) is 19.7. The zero-order valence-electron chi connectivity index (χ0n) is 14.8. The lowest BCUT2D eigenvalue weighted by molar-refractivity contribution is -0.140. The van der Waals surface area contributed by atoms with Crippen molar-refractivity contribution < 1.29 is 28.2 Å². The van der Waals surface area contributed by atoms with Crippen LogP contribution in [0.1, 0.15) is 16.8 Å². The third kappa shape index (κ3) is 3.36. The molecule has 0 bridgehead atoms. The second kappa shape index (κ2) is 7.43. The number of ether oxygens (including phenoxy) is 3. The number of carbonyl (C=O) groups is 2. The predicted octanol–water partition coefficient (Wildman–Crippen LogP) is 2.87. The van der Waals surface area contributed by atoms with Crippen molar-refractivity contribution in [2.45, 2.75) is 13.0 Å². The molecule has 144 valence electrons. The minimum atomic E-state index is -0.698. The smallest absolute Gasteiger partial charge is 0.307 e. The summed E-state index contributed by atoms with van der Waals surface area (Å²) in [6, 6.07) is 9.23. The standard InChI is InChI=1S/C19H15FN2O5S/c1-25-17(23)6-7-22-13-8-14-15(27-10-26-14)9-16(13)28-19(22)21-18(24)11-4-2-3-5-12(11)20/h2-5,8-9H,6-7,10H2,1H3. The first-order chi connectivity index (χ1) is 13.6. The van der Waals surface area contributed by atoms with E-state index >= 15 is 0 Å². The van der Waals surface area contributed by atoms with Gasteiger partial charge >= 0.3 is 5.97 Å². The van der Waals surface area contributed by atoms with Gasteiger partial charge in [0.25, 0.3) is 5.91 Å². The molecular formula is C19H15FN2O5S. The zero-order valence-corrected chi connectivity index (χ0v) is 15.6. The number of rotatable bonds is 4. The molecule has 0 N–H and O–H groups in total. The lowest BCUT2D eigenvalue weighted by Crippen LogP contribution is -2.19. The summed E-state index contributed by atoms with van der Waals surface area (Å²) >= 11 is 1.24. The summed E-state index contributed by atoms with van der Waals surface area (Å²) < 4.78 is 32.0. The number of esters is 1. The summed E-state index contributed by atoms with van der Waals surface area (Å²) in [7, 11) is 1.31. The molecule has 0 unspecified atom stereocenters. The number of benzene rings is 2. The largest absolute Gasteiger partial charge is 0.469 e. The summed E-state index contributed by atoms with van der Waals surface area (Å²) in [5.41, 5.74) is 0.617. The first kappa shape index (κ1) is 18.2. The summed E-state index contributed by atoms with van der Waals surface area (Å²) in [6.45, 7) is 0.382. The molecule has 0 fully saturated rings. The maximum Gasteiger partial charge on any atom is 0.307 e. The van der Waals surface area contributed by atoms with Crippen LogP contribution in [-0.2, 0) is 16.1 Å². The van der Waals surface area contributed by atoms with E-state index in [0.29, 0.717) is 16.3 Å². The second-order valence-electron chi connectivity index (χ2n) is 5.93. The molecule has 4 rings (SSSR count). The quantitative estimate of drug-likeness (QED) is 0.627. The van der Waals surface area contributed by atoms with Crippen molar-refractivity contribution in [3.8, 4) is 11.5 Å². The Hall–Kier alpha value is -3.20. The number of hydrogen-bond acceptors (Lipinski definition) is 6. The SMILES string of the molecule is COC(=O)CCn1c(=NC(=O)c2ccccc2F)sc2cc3c(cc21)OCO3. The molecule has 2 heterocycles. The molecule has 0 aliphatic carbocycles. The van der Waals surface area contributed by atoms with Crippen LogP contribution in [0.4, 0.5) is 4.39 Å². The van der Waals surface area contributed by atoms with Gasteiger partial charge in [0.2, 0.25) is 6.79 Å². The van der Waals surface area contributed by atoms with Gasteiger partial charge in [-0.2, -0.15) is 4.99 Å². The third-order valence-corrected chi connectivity index (χ3v) is 5.29. The Morgan fingerprint density at radius 2 is 2.00 bits per heavy atom. The van der Waals surface area contributed by atoms with E-state index in [1.54, 1.807) is 22.8 Å². The molecular weight excluding hydrogens is 387 g/mol. The van der Waals surface area contributed by atoms with Gasteiger partial charge in [-0.1, -0.05) is 23.5 Å². The van der Waals surface area contributed by atoms with Crippen LogP contribution >= 0.6 is 11.3 Å². The van der Waals surface area contributed by atoms with E-state index in [1.165, 1.54) is 36.6 Å². The average molecular weight is 402 g/mol. The fourth-order valence-electron chi connectivity index (χ4n) is 2.85. The van der Waals surface area contributed by atoms with Gasteiger partial charge in [-0.3, -0.25) is 9.59 Å². The summed E-state index contributed by atoms with van der Waals surface area (Å²) in [6.07, 6.45) is 0.0951. The molecule has 7 nitrogen and oxygen atoms in total. The highest BCUT2D eigenvalue weighted by Crippen LogP contribution is 2.37. The fraction of sp³-hybridized carbons (Fsp3) is 0.211. The van der Waals surface area contributed by atoms with Crippen LogP contribution in [0.2, 0.25) is 0 Å². The Balaban J connectivity index is 1.83. The molecule has 0 saturated carbocycles. The van der Waals surface area contributed by atoms with Gasteiger partial charge in [0, 0.05) is 18.7 Å². The van der Waals surface area contributed by atoms with Crippen LogP contribution in [0, 0.1) is 5.82 Å². The van der Waals surface area contributed by atoms with E-state index in [9.17, 15) is 14.0 Å². The molecule has 0 atom stereocenters. The molecule has 0 saturated heterocycles. The molecule has 0 radical (unpaired) electrons. The Morgan fingerprint density at radius 1 is 1.25 bits per heavy atom. The average Bonchev–Trinajstić information content (AvgIpc) is 3.27. The van der Waals surface area contributed by atoms with E-state index in [-0.39, 0.29) is 31.3 Å². The lowest BCUT2D eigenvalue weighted by Gasteiger charge is -2.05. The summed E-state index contributed by atoms with van der Waals surface area (Å²) in [4.78, 5) is 28.6. The number of methoxy groups -OCH3 is 1. The van der Waals surface area contributed by atoms with E-state index < -0.39 is 11.7 Å². The van der Waals surface area contributed by atoms with E-state index in [0.717, 1.165) is 10.2 Å². The molecule has 9 heteroatoms. The summed E-state index contributed by atoms with van der Waals surface area (Å²) in [5.74, 6) is -0.556. The van der Waals surface area contributed by atoms with Crippen molar-refractivity contribution in [1.29, 1.82) is 0 Å². The highest BCUT2D eigenvalue weighted by Gasteiger charge is 2.19. The van der Waals surface area contributed by atoms with Crippen molar-refractivity contribution >= 4 is 33.4 Å². The van der Waals surface area contributed by atoms with Crippen molar-refractivity contribution in [2.24, 2.45) is 4.99 Å². The van der Waals surface area contributed by atoms with Crippen LogP contribution in [0.25, 0.3) is 10.2 Å². The predicted molar refractivity (Wildman–Crippen MR) is 98.9 cm³/mol. The van der Waals surface area contributed by atoms with Crippen molar-refractivity contribution in [1.82, 2.24) is 4.57 Å². The van der Waals surface area contributed by atoms with Crippen molar-refractivity contribution in [2.75, 3.05) is 13.9 Å². The van der Waals surface area contributed by atoms with E-state index in [4.69, 9.17) is 14.2 Å². The number of thiazole rings is 1. The van der Waals surface area contributed by atoms with Crippen LogP contribution in [0.5, 0.6) is 11.5 Å². The third-order valence-electron chi connectivity index (χ3n) is 4.25. The maximum absolute atomic E-state index is 13.9. The van der Waals surface area contributed by atoms with E-state index in [1.807, 2.05) is 0 Å². The van der Waals surface area contributed by atoms with Gasteiger partial charge in [-0.05, 0) is 12.1 Å². The first-order valence-electron chi connectivity index (χ1n) is 8.40. The van der Waals surface area contributed by atoms with Gasteiger partial charge < -0.3 is 18.8 Å². The first-order valence-corrected chi connectivity index (χ1v) is 9.22. The molecule has 0 spiro atoms. The molecule has 1 aromatic heterocycles. The van der Waals surface area contributed by atoms with Crippen LogP contribution < -0.4 is 14.3 Å².